The molecule has 7 nitrogen and oxygen atoms in total. The second kappa shape index (κ2) is 8.35. The van der Waals surface area contributed by atoms with Crippen molar-refractivity contribution in [2.75, 3.05) is 11.9 Å². The van der Waals surface area contributed by atoms with Crippen molar-refractivity contribution >= 4 is 39.2 Å². The number of pyridine rings is 1. The van der Waals surface area contributed by atoms with Crippen LogP contribution >= 0.6 is 11.3 Å². The molecule has 0 aliphatic carbocycles. The highest BCUT2D eigenvalue weighted by atomic mass is 32.1. The lowest BCUT2D eigenvalue weighted by molar-refractivity contribution is -0.142. The average molecular weight is 399 g/mol. The molecular weight excluding hydrogens is 378 g/mol. The van der Waals surface area contributed by atoms with Gasteiger partial charge in [0.1, 0.15) is 6.04 Å². The first-order chi connectivity index (χ1) is 13.4. The lowest BCUT2D eigenvalue weighted by Gasteiger charge is -2.18. The fourth-order valence-corrected chi connectivity index (χ4v) is 3.71. The van der Waals surface area contributed by atoms with Crippen LogP contribution in [0.1, 0.15) is 31.1 Å². The fourth-order valence-electron chi connectivity index (χ4n) is 3.00. The van der Waals surface area contributed by atoms with E-state index in [0.29, 0.717) is 22.9 Å². The zero-order valence-electron chi connectivity index (χ0n) is 15.9. The molecule has 1 atom stereocenters. The summed E-state index contributed by atoms with van der Waals surface area (Å²) >= 11 is 1.22. The molecule has 0 fully saturated rings. The van der Waals surface area contributed by atoms with E-state index in [1.54, 1.807) is 19.2 Å². The van der Waals surface area contributed by atoms with Crippen LogP contribution in [0.25, 0.3) is 10.9 Å². The third-order valence-corrected chi connectivity index (χ3v) is 5.15. The Bertz CT molecular complexity index is 1090. The first-order valence-electron chi connectivity index (χ1n) is 8.92. The van der Waals surface area contributed by atoms with Gasteiger partial charge in [-0.2, -0.15) is 0 Å². The minimum atomic E-state index is -0.726. The van der Waals surface area contributed by atoms with Gasteiger partial charge in [0, 0.05) is 16.8 Å². The molecule has 0 bridgehead atoms. The highest BCUT2D eigenvalue weighted by Crippen LogP contribution is 2.21. The highest BCUT2D eigenvalue weighted by Gasteiger charge is 2.20. The standard InChI is InChI=1S/C20H21N3O4S/c1-4-27-18(25)10-14-11-28-20(21-14)22-19(26)13(3)23-16-8-6-5-7-15(16)12(2)9-17(23)24/h5-9,11,13H,4,10H2,1-3H3,(H,21,22,26). The molecule has 2 aromatic heterocycles. The van der Waals surface area contributed by atoms with Gasteiger partial charge in [0.2, 0.25) is 5.91 Å². The monoisotopic (exact) mass is 399 g/mol. The third-order valence-electron chi connectivity index (χ3n) is 4.35. The number of benzene rings is 1. The van der Waals surface area contributed by atoms with Gasteiger partial charge in [-0.25, -0.2) is 4.98 Å². The van der Waals surface area contributed by atoms with E-state index in [-0.39, 0.29) is 23.9 Å². The summed E-state index contributed by atoms with van der Waals surface area (Å²) < 4.78 is 6.37. The van der Waals surface area contributed by atoms with E-state index in [9.17, 15) is 14.4 Å². The largest absolute Gasteiger partial charge is 0.466 e. The number of aromatic nitrogens is 2. The van der Waals surface area contributed by atoms with Crippen molar-refractivity contribution < 1.29 is 14.3 Å². The van der Waals surface area contributed by atoms with E-state index in [1.807, 2.05) is 31.2 Å². The number of nitrogens with zero attached hydrogens (tertiary/aromatic N) is 2. The van der Waals surface area contributed by atoms with E-state index in [1.165, 1.54) is 22.0 Å². The van der Waals surface area contributed by atoms with Crippen molar-refractivity contribution in [3.8, 4) is 0 Å². The Kier molecular flexibility index (Phi) is 5.89. The molecule has 28 heavy (non-hydrogen) atoms. The SMILES string of the molecule is CCOC(=O)Cc1csc(NC(=O)C(C)n2c(=O)cc(C)c3ccccc32)n1. The number of esters is 1. The van der Waals surface area contributed by atoms with Gasteiger partial charge in [0.15, 0.2) is 5.13 Å². The van der Waals surface area contributed by atoms with Crippen LogP contribution in [0, 0.1) is 6.92 Å². The van der Waals surface area contributed by atoms with E-state index < -0.39 is 6.04 Å². The Morgan fingerprint density at radius 2 is 2.07 bits per heavy atom. The van der Waals surface area contributed by atoms with E-state index in [2.05, 4.69) is 10.3 Å². The average Bonchev–Trinajstić information content (AvgIpc) is 3.08. The second-order valence-electron chi connectivity index (χ2n) is 6.34. The number of thiazole rings is 1. The number of hydrogen-bond acceptors (Lipinski definition) is 6. The lowest BCUT2D eigenvalue weighted by Crippen LogP contribution is -2.31. The molecule has 1 aromatic carbocycles. The number of carbonyl (C=O) groups is 2. The summed E-state index contributed by atoms with van der Waals surface area (Å²) in [4.78, 5) is 41.1. The van der Waals surface area contributed by atoms with Gasteiger partial charge in [-0.05, 0) is 32.4 Å². The van der Waals surface area contributed by atoms with Gasteiger partial charge < -0.3 is 10.1 Å². The fraction of sp³-hybridized carbons (Fsp3) is 0.300. The van der Waals surface area contributed by atoms with Gasteiger partial charge in [0.05, 0.1) is 24.2 Å². The number of ether oxygens (including phenoxy) is 1. The minimum absolute atomic E-state index is 0.0534. The normalized spacial score (nSPS) is 12.0. The Labute approximate surface area is 166 Å². The molecule has 1 N–H and O–H groups in total. The van der Waals surface area contributed by atoms with Gasteiger partial charge in [-0.3, -0.25) is 19.0 Å². The number of carbonyl (C=O) groups excluding carboxylic acids is 2. The summed E-state index contributed by atoms with van der Waals surface area (Å²) in [6.07, 6.45) is 0.0534. The van der Waals surface area contributed by atoms with Crippen LogP contribution in [0.4, 0.5) is 5.13 Å². The third kappa shape index (κ3) is 4.12. The topological polar surface area (TPSA) is 90.3 Å². The first-order valence-corrected chi connectivity index (χ1v) is 9.80. The molecule has 146 valence electrons. The van der Waals surface area contributed by atoms with Crippen LogP contribution in [0.5, 0.6) is 0 Å². The molecule has 2 heterocycles. The minimum Gasteiger partial charge on any atom is -0.466 e. The molecule has 0 spiro atoms. The molecule has 1 amide bonds. The summed E-state index contributed by atoms with van der Waals surface area (Å²) in [7, 11) is 0. The Balaban J connectivity index is 1.81. The Morgan fingerprint density at radius 1 is 1.32 bits per heavy atom. The number of rotatable bonds is 6. The van der Waals surface area contributed by atoms with Crippen molar-refractivity contribution in [3.63, 3.8) is 0 Å². The van der Waals surface area contributed by atoms with Crippen molar-refractivity contribution in [1.29, 1.82) is 0 Å². The zero-order chi connectivity index (χ0) is 20.3. The first kappa shape index (κ1) is 19.8. The number of amides is 1. The number of hydrogen-bond donors (Lipinski definition) is 1. The van der Waals surface area contributed by atoms with Crippen molar-refractivity contribution in [1.82, 2.24) is 9.55 Å². The van der Waals surface area contributed by atoms with Crippen LogP contribution in [-0.2, 0) is 20.7 Å². The molecule has 8 heteroatoms. The summed E-state index contributed by atoms with van der Waals surface area (Å²) in [5.74, 6) is -0.718. The number of anilines is 1. The van der Waals surface area contributed by atoms with Crippen molar-refractivity contribution in [3.05, 3.63) is 57.3 Å². The van der Waals surface area contributed by atoms with Gasteiger partial charge in [-0.15, -0.1) is 11.3 Å². The van der Waals surface area contributed by atoms with Crippen LogP contribution in [0.2, 0.25) is 0 Å². The molecule has 0 radical (unpaired) electrons. The second-order valence-corrected chi connectivity index (χ2v) is 7.20. The van der Waals surface area contributed by atoms with E-state index in [0.717, 1.165) is 10.9 Å². The molecule has 1 unspecified atom stereocenters. The molecule has 0 saturated heterocycles. The zero-order valence-corrected chi connectivity index (χ0v) is 16.7. The van der Waals surface area contributed by atoms with Crippen LogP contribution in [0.3, 0.4) is 0 Å². The van der Waals surface area contributed by atoms with Crippen LogP contribution < -0.4 is 10.9 Å². The maximum atomic E-state index is 12.7. The number of fused-ring (bicyclic) bond motifs is 1. The van der Waals surface area contributed by atoms with Gasteiger partial charge in [-0.1, -0.05) is 18.2 Å². The van der Waals surface area contributed by atoms with Gasteiger partial charge in [0.25, 0.3) is 5.56 Å². The van der Waals surface area contributed by atoms with Crippen molar-refractivity contribution in [2.24, 2.45) is 0 Å². The maximum absolute atomic E-state index is 12.7. The molecular formula is C20H21N3O4S. The molecule has 3 rings (SSSR count). The molecule has 0 aliphatic rings. The highest BCUT2D eigenvalue weighted by molar-refractivity contribution is 7.13. The summed E-state index contributed by atoms with van der Waals surface area (Å²) in [5.41, 5.74) is 1.87. The predicted molar refractivity (Wildman–Crippen MR) is 109 cm³/mol. The summed E-state index contributed by atoms with van der Waals surface area (Å²) in [6, 6.07) is 8.30. The number of aryl methyl sites for hydroxylation is 1. The van der Waals surface area contributed by atoms with Crippen LogP contribution in [-0.4, -0.2) is 28.0 Å². The molecule has 0 aliphatic heterocycles. The lowest BCUT2D eigenvalue weighted by atomic mass is 10.1. The molecule has 3 aromatic rings. The Morgan fingerprint density at radius 3 is 2.82 bits per heavy atom. The van der Waals surface area contributed by atoms with E-state index >= 15 is 0 Å². The number of nitrogens with one attached hydrogen (secondary N) is 1. The van der Waals surface area contributed by atoms with E-state index in [4.69, 9.17) is 4.74 Å². The van der Waals surface area contributed by atoms with Crippen LogP contribution in [0.15, 0.2) is 40.5 Å². The van der Waals surface area contributed by atoms with Gasteiger partial charge >= 0.3 is 5.97 Å². The summed E-state index contributed by atoms with van der Waals surface area (Å²) in [5, 5.41) is 5.73. The maximum Gasteiger partial charge on any atom is 0.311 e. The predicted octanol–water partition coefficient (Wildman–Crippen LogP) is 3.07. The van der Waals surface area contributed by atoms with Crippen molar-refractivity contribution in [2.45, 2.75) is 33.2 Å². The molecule has 0 saturated carbocycles. The number of para-hydroxylation sites is 1. The summed E-state index contributed by atoms with van der Waals surface area (Å²) in [6.45, 7) is 5.59. The quantitative estimate of drug-likeness (QED) is 0.644. The smallest absolute Gasteiger partial charge is 0.311 e. The Hall–Kier alpha value is -3.00.